The van der Waals surface area contributed by atoms with Crippen LogP contribution in [-0.4, -0.2) is 5.54 Å². The normalized spacial score (nSPS) is 47.5. The molecule has 0 heterocycles. The van der Waals surface area contributed by atoms with Gasteiger partial charge in [0.2, 0.25) is 0 Å². The highest BCUT2D eigenvalue weighted by molar-refractivity contribution is 5.17. The van der Waals surface area contributed by atoms with E-state index in [1.165, 1.54) is 38.5 Å². The monoisotopic (exact) mass is 153 g/mol. The van der Waals surface area contributed by atoms with Gasteiger partial charge in [-0.15, -0.1) is 0 Å². The second-order valence-corrected chi connectivity index (χ2v) is 4.36. The van der Waals surface area contributed by atoms with E-state index >= 15 is 0 Å². The molecule has 0 saturated heterocycles. The first-order valence-corrected chi connectivity index (χ1v) is 5.08. The Morgan fingerprint density at radius 2 is 2.00 bits per heavy atom. The third-order valence-corrected chi connectivity index (χ3v) is 3.75. The van der Waals surface area contributed by atoms with Crippen LogP contribution in [0.5, 0.6) is 0 Å². The van der Waals surface area contributed by atoms with E-state index in [0.717, 1.165) is 11.8 Å². The van der Waals surface area contributed by atoms with Crippen LogP contribution in [0.2, 0.25) is 0 Å². The van der Waals surface area contributed by atoms with E-state index in [1.54, 1.807) is 0 Å². The molecule has 0 bridgehead atoms. The van der Waals surface area contributed by atoms with Crippen molar-refractivity contribution < 1.29 is 0 Å². The van der Waals surface area contributed by atoms with Gasteiger partial charge in [-0.2, -0.15) is 0 Å². The zero-order valence-electron chi connectivity index (χ0n) is 7.47. The van der Waals surface area contributed by atoms with Gasteiger partial charge in [0.15, 0.2) is 0 Å². The lowest BCUT2D eigenvalue weighted by atomic mass is 10.00. The van der Waals surface area contributed by atoms with Gasteiger partial charge in [-0.1, -0.05) is 26.2 Å². The van der Waals surface area contributed by atoms with Gasteiger partial charge < -0.3 is 5.73 Å². The SMILES string of the molecule is CCCCC1(N)C2CCCC21. The molecule has 11 heavy (non-hydrogen) atoms. The quantitative estimate of drug-likeness (QED) is 0.661. The van der Waals surface area contributed by atoms with Crippen LogP contribution in [-0.2, 0) is 0 Å². The van der Waals surface area contributed by atoms with Gasteiger partial charge in [0.05, 0.1) is 0 Å². The van der Waals surface area contributed by atoms with Crippen LogP contribution >= 0.6 is 0 Å². The van der Waals surface area contributed by atoms with Crippen LogP contribution in [0.3, 0.4) is 0 Å². The average molecular weight is 153 g/mol. The summed E-state index contributed by atoms with van der Waals surface area (Å²) in [6.45, 7) is 2.25. The summed E-state index contributed by atoms with van der Waals surface area (Å²) >= 11 is 0. The predicted octanol–water partition coefficient (Wildman–Crippen LogP) is 2.30. The summed E-state index contributed by atoms with van der Waals surface area (Å²) in [5.41, 5.74) is 6.60. The number of nitrogens with two attached hydrogens (primary N) is 1. The smallest absolute Gasteiger partial charge is 0.0218 e. The van der Waals surface area contributed by atoms with Crippen molar-refractivity contribution >= 4 is 0 Å². The first-order valence-electron chi connectivity index (χ1n) is 5.08. The minimum atomic E-state index is 0.314. The highest BCUT2D eigenvalue weighted by Gasteiger charge is 2.62. The summed E-state index contributed by atoms with van der Waals surface area (Å²) in [6.07, 6.45) is 8.22. The predicted molar refractivity (Wildman–Crippen MR) is 47.3 cm³/mol. The Labute approximate surface area is 69.4 Å². The number of hydrogen-bond acceptors (Lipinski definition) is 1. The molecule has 2 saturated carbocycles. The molecule has 0 aromatic rings. The summed E-state index contributed by atoms with van der Waals surface area (Å²) in [4.78, 5) is 0. The molecule has 0 spiro atoms. The van der Waals surface area contributed by atoms with Crippen molar-refractivity contribution in [1.82, 2.24) is 0 Å². The first kappa shape index (κ1) is 7.60. The molecule has 0 aromatic carbocycles. The summed E-state index contributed by atoms with van der Waals surface area (Å²) in [6, 6.07) is 0. The Kier molecular flexibility index (Phi) is 1.71. The van der Waals surface area contributed by atoms with E-state index in [9.17, 15) is 0 Å². The van der Waals surface area contributed by atoms with Crippen LogP contribution in [0.25, 0.3) is 0 Å². The van der Waals surface area contributed by atoms with Crippen LogP contribution in [0, 0.1) is 11.8 Å². The lowest BCUT2D eigenvalue weighted by molar-refractivity contribution is 0.455. The third kappa shape index (κ3) is 1.01. The maximum Gasteiger partial charge on any atom is 0.0218 e. The molecule has 64 valence electrons. The van der Waals surface area contributed by atoms with Gasteiger partial charge in [0, 0.05) is 5.54 Å². The molecule has 0 amide bonds. The molecule has 0 aromatic heterocycles. The Hall–Kier alpha value is -0.0400. The molecular formula is C10H19N. The molecule has 2 aliphatic rings. The standard InChI is InChI=1S/C10H19N/c1-2-3-7-10(11)8-5-4-6-9(8)10/h8-9H,2-7,11H2,1H3. The fourth-order valence-electron chi connectivity index (χ4n) is 2.98. The molecule has 2 unspecified atom stereocenters. The van der Waals surface area contributed by atoms with E-state index < -0.39 is 0 Å². The first-order chi connectivity index (χ1) is 5.29. The number of hydrogen-bond donors (Lipinski definition) is 1. The van der Waals surface area contributed by atoms with E-state index in [-0.39, 0.29) is 0 Å². The maximum absolute atomic E-state index is 6.28. The lowest BCUT2D eigenvalue weighted by Gasteiger charge is -2.13. The Balaban J connectivity index is 1.85. The van der Waals surface area contributed by atoms with Crippen molar-refractivity contribution in [3.05, 3.63) is 0 Å². The van der Waals surface area contributed by atoms with Crippen molar-refractivity contribution in [2.75, 3.05) is 0 Å². The Morgan fingerprint density at radius 1 is 1.36 bits per heavy atom. The summed E-state index contributed by atoms with van der Waals surface area (Å²) < 4.78 is 0. The lowest BCUT2D eigenvalue weighted by Crippen LogP contribution is -2.28. The molecule has 0 aliphatic heterocycles. The van der Waals surface area contributed by atoms with Gasteiger partial charge in [-0.3, -0.25) is 0 Å². The largest absolute Gasteiger partial charge is 0.325 e. The van der Waals surface area contributed by atoms with Crippen molar-refractivity contribution in [3.8, 4) is 0 Å². The highest BCUT2D eigenvalue weighted by atomic mass is 14.9. The molecule has 1 heteroatoms. The topological polar surface area (TPSA) is 26.0 Å². The fraction of sp³-hybridized carbons (Fsp3) is 1.00. The average Bonchev–Trinajstić information content (AvgIpc) is 2.50. The van der Waals surface area contributed by atoms with Gasteiger partial charge in [0.25, 0.3) is 0 Å². The summed E-state index contributed by atoms with van der Waals surface area (Å²) in [5, 5.41) is 0. The van der Waals surface area contributed by atoms with Crippen LogP contribution in [0.15, 0.2) is 0 Å². The summed E-state index contributed by atoms with van der Waals surface area (Å²) in [7, 11) is 0. The molecule has 1 nitrogen and oxygen atoms in total. The van der Waals surface area contributed by atoms with Gasteiger partial charge in [0.1, 0.15) is 0 Å². The zero-order valence-corrected chi connectivity index (χ0v) is 7.47. The minimum Gasteiger partial charge on any atom is -0.325 e. The minimum absolute atomic E-state index is 0.314. The molecular weight excluding hydrogens is 134 g/mol. The van der Waals surface area contributed by atoms with Crippen molar-refractivity contribution in [3.63, 3.8) is 0 Å². The highest BCUT2D eigenvalue weighted by Crippen LogP contribution is 2.61. The van der Waals surface area contributed by atoms with E-state index in [4.69, 9.17) is 5.73 Å². The Morgan fingerprint density at radius 3 is 2.55 bits per heavy atom. The van der Waals surface area contributed by atoms with Crippen molar-refractivity contribution in [2.24, 2.45) is 17.6 Å². The molecule has 2 rings (SSSR count). The number of rotatable bonds is 3. The Bertz CT molecular complexity index is 143. The molecule has 2 fully saturated rings. The third-order valence-electron chi connectivity index (χ3n) is 3.75. The van der Waals surface area contributed by atoms with Gasteiger partial charge in [-0.25, -0.2) is 0 Å². The van der Waals surface area contributed by atoms with Crippen molar-refractivity contribution in [1.29, 1.82) is 0 Å². The van der Waals surface area contributed by atoms with E-state index in [0.29, 0.717) is 5.54 Å². The number of fused-ring (bicyclic) bond motifs is 1. The molecule has 2 atom stereocenters. The molecule has 2 N–H and O–H groups in total. The van der Waals surface area contributed by atoms with Gasteiger partial charge in [-0.05, 0) is 31.1 Å². The second-order valence-electron chi connectivity index (χ2n) is 4.36. The van der Waals surface area contributed by atoms with Crippen LogP contribution < -0.4 is 5.73 Å². The summed E-state index contributed by atoms with van der Waals surface area (Å²) in [5.74, 6) is 1.85. The van der Waals surface area contributed by atoms with Crippen molar-refractivity contribution in [2.45, 2.75) is 51.0 Å². The maximum atomic E-state index is 6.28. The molecule has 2 aliphatic carbocycles. The van der Waals surface area contributed by atoms with Crippen LogP contribution in [0.1, 0.15) is 45.4 Å². The molecule has 0 radical (unpaired) electrons. The van der Waals surface area contributed by atoms with Gasteiger partial charge >= 0.3 is 0 Å². The van der Waals surface area contributed by atoms with E-state index in [2.05, 4.69) is 6.92 Å². The second kappa shape index (κ2) is 2.48. The van der Waals surface area contributed by atoms with Crippen LogP contribution in [0.4, 0.5) is 0 Å². The number of unbranched alkanes of at least 4 members (excludes halogenated alkanes) is 1. The van der Waals surface area contributed by atoms with E-state index in [1.807, 2.05) is 0 Å². The fourth-order valence-corrected chi connectivity index (χ4v) is 2.98. The zero-order chi connectivity index (χ0) is 7.90.